The summed E-state index contributed by atoms with van der Waals surface area (Å²) in [6, 6.07) is 14.3. The molecule has 1 aromatic heterocycles. The number of rotatable bonds is 6. The average Bonchev–Trinajstić information content (AvgIpc) is 2.69. The first-order valence-corrected chi connectivity index (χ1v) is 8.13. The Balaban J connectivity index is 1.73. The zero-order valence-corrected chi connectivity index (χ0v) is 14.9. The van der Waals surface area contributed by atoms with Gasteiger partial charge in [-0.05, 0) is 31.2 Å². The van der Waals surface area contributed by atoms with Crippen molar-refractivity contribution in [2.45, 2.75) is 6.92 Å². The zero-order chi connectivity index (χ0) is 19.2. The highest BCUT2D eigenvalue weighted by atomic mass is 16.5. The summed E-state index contributed by atoms with van der Waals surface area (Å²) in [5, 5.41) is 0. The van der Waals surface area contributed by atoms with Crippen molar-refractivity contribution >= 4 is 17.4 Å². The summed E-state index contributed by atoms with van der Waals surface area (Å²) in [6.45, 7) is 1.95. The first-order chi connectivity index (χ1) is 13.1. The van der Waals surface area contributed by atoms with Gasteiger partial charge in [0.2, 0.25) is 5.88 Å². The van der Waals surface area contributed by atoms with Crippen molar-refractivity contribution in [1.29, 1.82) is 0 Å². The molecule has 0 saturated carbocycles. The van der Waals surface area contributed by atoms with Crippen LogP contribution in [0.4, 0.5) is 11.5 Å². The third-order valence-electron chi connectivity index (χ3n) is 3.73. The number of carbonyl (C=O) groups excluding carboxylic acids is 1. The van der Waals surface area contributed by atoms with E-state index in [0.717, 1.165) is 5.56 Å². The van der Waals surface area contributed by atoms with Crippen LogP contribution in [0.15, 0.2) is 54.9 Å². The van der Waals surface area contributed by atoms with E-state index in [1.807, 2.05) is 25.1 Å². The van der Waals surface area contributed by atoms with Crippen LogP contribution in [0.1, 0.15) is 15.9 Å². The summed E-state index contributed by atoms with van der Waals surface area (Å²) in [5.74, 6) is 1.04. The minimum Gasteiger partial charge on any atom is -0.493 e. The van der Waals surface area contributed by atoms with E-state index in [2.05, 4.69) is 20.8 Å². The number of nitrogens with zero attached hydrogens (tertiary/aromatic N) is 2. The van der Waals surface area contributed by atoms with Gasteiger partial charge < -0.3 is 15.2 Å². The molecule has 0 unspecified atom stereocenters. The highest BCUT2D eigenvalue weighted by Gasteiger charge is 2.13. The SMILES string of the molecule is COc1ccccc1Oc1ncnc(NNC(=O)c2ccc(C)cc2)c1N. The van der Waals surface area contributed by atoms with Crippen LogP contribution in [-0.2, 0) is 0 Å². The second-order valence-electron chi connectivity index (χ2n) is 5.64. The minimum absolute atomic E-state index is 0.140. The van der Waals surface area contributed by atoms with Gasteiger partial charge in [0, 0.05) is 5.56 Å². The van der Waals surface area contributed by atoms with Crippen LogP contribution in [0.2, 0.25) is 0 Å². The third kappa shape index (κ3) is 4.24. The Morgan fingerprint density at radius 1 is 1.04 bits per heavy atom. The third-order valence-corrected chi connectivity index (χ3v) is 3.73. The van der Waals surface area contributed by atoms with Gasteiger partial charge in [-0.25, -0.2) is 4.98 Å². The molecular formula is C19H19N5O3. The molecule has 1 heterocycles. The van der Waals surface area contributed by atoms with Gasteiger partial charge in [-0.15, -0.1) is 0 Å². The van der Waals surface area contributed by atoms with Gasteiger partial charge in [-0.3, -0.25) is 15.6 Å². The summed E-state index contributed by atoms with van der Waals surface area (Å²) in [7, 11) is 1.54. The number of nitrogens with one attached hydrogen (secondary N) is 2. The Hall–Kier alpha value is -3.81. The number of benzene rings is 2. The van der Waals surface area contributed by atoms with Crippen molar-refractivity contribution in [2.75, 3.05) is 18.3 Å². The minimum atomic E-state index is -0.319. The lowest BCUT2D eigenvalue weighted by molar-refractivity contribution is 0.0962. The first kappa shape index (κ1) is 18.0. The van der Waals surface area contributed by atoms with Crippen molar-refractivity contribution in [2.24, 2.45) is 0 Å². The number of ether oxygens (including phenoxy) is 2. The monoisotopic (exact) mass is 365 g/mol. The second kappa shape index (κ2) is 8.05. The predicted octanol–water partition coefficient (Wildman–Crippen LogP) is 2.93. The number of nitrogen functional groups attached to an aromatic ring is 1. The lowest BCUT2D eigenvalue weighted by Gasteiger charge is -2.13. The topological polar surface area (TPSA) is 111 Å². The van der Waals surface area contributed by atoms with Gasteiger partial charge in [0.1, 0.15) is 12.0 Å². The molecular weight excluding hydrogens is 346 g/mol. The molecule has 0 fully saturated rings. The number of aryl methyl sites for hydroxylation is 1. The fourth-order valence-electron chi connectivity index (χ4n) is 2.26. The van der Waals surface area contributed by atoms with Gasteiger partial charge in [-0.1, -0.05) is 29.8 Å². The predicted molar refractivity (Wildman–Crippen MR) is 102 cm³/mol. The maximum Gasteiger partial charge on any atom is 0.269 e. The molecule has 8 heteroatoms. The number of anilines is 2. The summed E-state index contributed by atoms with van der Waals surface area (Å²) < 4.78 is 11.0. The van der Waals surface area contributed by atoms with Gasteiger partial charge in [0.15, 0.2) is 17.3 Å². The van der Waals surface area contributed by atoms with Crippen molar-refractivity contribution in [3.63, 3.8) is 0 Å². The molecule has 0 spiro atoms. The Labute approximate surface area is 156 Å². The van der Waals surface area contributed by atoms with Crippen molar-refractivity contribution in [1.82, 2.24) is 15.4 Å². The molecule has 0 aliphatic rings. The van der Waals surface area contributed by atoms with E-state index >= 15 is 0 Å². The fraction of sp³-hybridized carbons (Fsp3) is 0.105. The zero-order valence-electron chi connectivity index (χ0n) is 14.9. The average molecular weight is 365 g/mol. The van der Waals surface area contributed by atoms with Crippen LogP contribution in [0, 0.1) is 6.92 Å². The maximum absolute atomic E-state index is 12.2. The first-order valence-electron chi connectivity index (χ1n) is 8.13. The summed E-state index contributed by atoms with van der Waals surface area (Å²) in [6.07, 6.45) is 1.28. The number of methoxy groups -OCH3 is 1. The Bertz CT molecular complexity index is 944. The van der Waals surface area contributed by atoms with Gasteiger partial charge in [0.25, 0.3) is 5.91 Å². The summed E-state index contributed by atoms with van der Waals surface area (Å²) in [4.78, 5) is 20.3. The molecule has 0 atom stereocenters. The molecule has 0 aliphatic heterocycles. The molecule has 1 amide bonds. The number of hydrazine groups is 1. The molecule has 0 saturated heterocycles. The van der Waals surface area contributed by atoms with Gasteiger partial charge >= 0.3 is 0 Å². The summed E-state index contributed by atoms with van der Waals surface area (Å²) in [5.41, 5.74) is 13.0. The molecule has 4 N–H and O–H groups in total. The smallest absolute Gasteiger partial charge is 0.269 e. The van der Waals surface area contributed by atoms with Crippen LogP contribution >= 0.6 is 0 Å². The normalized spacial score (nSPS) is 10.1. The lowest BCUT2D eigenvalue weighted by atomic mass is 10.1. The van der Waals surface area contributed by atoms with Gasteiger partial charge in [-0.2, -0.15) is 4.98 Å². The van der Waals surface area contributed by atoms with E-state index in [1.54, 1.807) is 37.4 Å². The van der Waals surface area contributed by atoms with E-state index in [4.69, 9.17) is 15.2 Å². The fourth-order valence-corrected chi connectivity index (χ4v) is 2.26. The van der Waals surface area contributed by atoms with E-state index in [-0.39, 0.29) is 23.3 Å². The molecule has 0 radical (unpaired) electrons. The molecule has 0 aliphatic carbocycles. The molecule has 138 valence electrons. The molecule has 27 heavy (non-hydrogen) atoms. The lowest BCUT2D eigenvalue weighted by Crippen LogP contribution is -2.30. The molecule has 3 aromatic rings. The van der Waals surface area contributed by atoms with Crippen LogP contribution < -0.4 is 26.1 Å². The number of aromatic nitrogens is 2. The van der Waals surface area contributed by atoms with E-state index in [0.29, 0.717) is 17.1 Å². The highest BCUT2D eigenvalue weighted by molar-refractivity contribution is 5.95. The van der Waals surface area contributed by atoms with E-state index < -0.39 is 0 Å². The number of nitrogens with two attached hydrogens (primary N) is 1. The standard InChI is InChI=1S/C19H19N5O3/c1-12-7-9-13(10-8-12)18(25)24-23-17-16(20)19(22-11-21-17)27-15-6-4-3-5-14(15)26-2/h3-11H,20H2,1-2H3,(H,24,25)(H,21,22,23). The Morgan fingerprint density at radius 2 is 1.74 bits per heavy atom. The number of carbonyl (C=O) groups is 1. The van der Waals surface area contributed by atoms with Crippen molar-refractivity contribution < 1.29 is 14.3 Å². The van der Waals surface area contributed by atoms with Crippen molar-refractivity contribution in [3.8, 4) is 17.4 Å². The quantitative estimate of drug-likeness (QED) is 0.576. The van der Waals surface area contributed by atoms with Crippen LogP contribution in [0.3, 0.4) is 0 Å². The highest BCUT2D eigenvalue weighted by Crippen LogP contribution is 2.34. The number of amides is 1. The second-order valence-corrected chi connectivity index (χ2v) is 5.64. The van der Waals surface area contributed by atoms with Crippen LogP contribution in [0.5, 0.6) is 17.4 Å². The molecule has 0 bridgehead atoms. The molecule has 8 nitrogen and oxygen atoms in total. The Morgan fingerprint density at radius 3 is 2.44 bits per heavy atom. The van der Waals surface area contributed by atoms with Crippen LogP contribution in [-0.4, -0.2) is 23.0 Å². The number of hydrogen-bond acceptors (Lipinski definition) is 7. The number of hydrogen-bond donors (Lipinski definition) is 3. The molecule has 3 rings (SSSR count). The van der Waals surface area contributed by atoms with Gasteiger partial charge in [0.05, 0.1) is 7.11 Å². The largest absolute Gasteiger partial charge is 0.493 e. The van der Waals surface area contributed by atoms with Crippen molar-refractivity contribution in [3.05, 3.63) is 66.0 Å². The Kier molecular flexibility index (Phi) is 5.36. The van der Waals surface area contributed by atoms with Crippen LogP contribution in [0.25, 0.3) is 0 Å². The molecule has 2 aromatic carbocycles. The van der Waals surface area contributed by atoms with E-state index in [9.17, 15) is 4.79 Å². The maximum atomic E-state index is 12.2. The van der Waals surface area contributed by atoms with E-state index in [1.165, 1.54) is 6.33 Å². The summed E-state index contributed by atoms with van der Waals surface area (Å²) >= 11 is 0. The number of para-hydroxylation sites is 2.